The monoisotopic (exact) mass is 343 g/mol. The maximum absolute atomic E-state index is 13.0. The first kappa shape index (κ1) is 17.0. The van der Waals surface area contributed by atoms with Crippen molar-refractivity contribution in [3.05, 3.63) is 63.6 Å². The summed E-state index contributed by atoms with van der Waals surface area (Å²) in [5, 5.41) is 10.8. The number of ketones is 1. The first-order valence-electron chi connectivity index (χ1n) is 8.11. The lowest BCUT2D eigenvalue weighted by Gasteiger charge is -2.32. The number of carbonyl (C=O) groups excluding carboxylic acids is 1. The topological polar surface area (TPSA) is 76.3 Å². The van der Waals surface area contributed by atoms with Crippen LogP contribution < -0.4 is 4.90 Å². The number of hydrogen-bond acceptors (Lipinski definition) is 5. The SMILES string of the molecule is Cc1cc([N+](=O)[O-])cnc1N1CCC(C(=O)c2ccc(F)cc2)CC1. The van der Waals surface area contributed by atoms with Crippen molar-refractivity contribution in [3.63, 3.8) is 0 Å². The third-order valence-electron chi connectivity index (χ3n) is 4.54. The summed E-state index contributed by atoms with van der Waals surface area (Å²) in [5.41, 5.74) is 1.25. The fourth-order valence-electron chi connectivity index (χ4n) is 3.19. The van der Waals surface area contributed by atoms with E-state index < -0.39 is 4.92 Å². The molecule has 1 aromatic carbocycles. The molecule has 0 bridgehead atoms. The number of pyridine rings is 1. The van der Waals surface area contributed by atoms with Crippen molar-refractivity contribution in [3.8, 4) is 0 Å². The number of nitrogens with zero attached hydrogens (tertiary/aromatic N) is 3. The molecular formula is C18H18FN3O3. The van der Waals surface area contributed by atoms with E-state index in [0.29, 0.717) is 31.5 Å². The molecule has 2 aromatic rings. The van der Waals surface area contributed by atoms with Crippen LogP contribution >= 0.6 is 0 Å². The van der Waals surface area contributed by atoms with E-state index in [2.05, 4.69) is 4.98 Å². The maximum atomic E-state index is 13.0. The Bertz CT molecular complexity index is 800. The average molecular weight is 343 g/mol. The van der Waals surface area contributed by atoms with Crippen LogP contribution in [0.15, 0.2) is 36.5 Å². The van der Waals surface area contributed by atoms with Crippen LogP contribution in [-0.2, 0) is 0 Å². The van der Waals surface area contributed by atoms with Crippen LogP contribution in [0.25, 0.3) is 0 Å². The van der Waals surface area contributed by atoms with Crippen LogP contribution in [0.3, 0.4) is 0 Å². The van der Waals surface area contributed by atoms with Crippen molar-refractivity contribution in [2.75, 3.05) is 18.0 Å². The molecule has 1 aliphatic rings. The minimum atomic E-state index is -0.461. The number of piperidine rings is 1. The van der Waals surface area contributed by atoms with Crippen LogP contribution in [0.4, 0.5) is 15.9 Å². The summed E-state index contributed by atoms with van der Waals surface area (Å²) < 4.78 is 13.0. The Hall–Kier alpha value is -2.83. The Balaban J connectivity index is 1.66. The van der Waals surface area contributed by atoms with Gasteiger partial charge >= 0.3 is 0 Å². The number of hydrogen-bond donors (Lipinski definition) is 0. The first-order valence-corrected chi connectivity index (χ1v) is 8.11. The predicted octanol–water partition coefficient (Wildman–Crippen LogP) is 3.54. The van der Waals surface area contributed by atoms with Gasteiger partial charge in [-0.2, -0.15) is 0 Å². The van der Waals surface area contributed by atoms with Gasteiger partial charge in [-0.25, -0.2) is 9.37 Å². The summed E-state index contributed by atoms with van der Waals surface area (Å²) in [6.45, 7) is 3.11. The van der Waals surface area contributed by atoms with E-state index in [1.54, 1.807) is 6.92 Å². The summed E-state index contributed by atoms with van der Waals surface area (Å²) in [7, 11) is 0. The molecule has 0 atom stereocenters. The summed E-state index contributed by atoms with van der Waals surface area (Å²) in [4.78, 5) is 29.1. The molecule has 1 aromatic heterocycles. The van der Waals surface area contributed by atoms with E-state index in [1.165, 1.54) is 36.5 Å². The predicted molar refractivity (Wildman–Crippen MR) is 91.3 cm³/mol. The Morgan fingerprint density at radius 3 is 2.48 bits per heavy atom. The van der Waals surface area contributed by atoms with Crippen molar-refractivity contribution in [1.29, 1.82) is 0 Å². The molecule has 0 unspecified atom stereocenters. The number of carbonyl (C=O) groups is 1. The highest BCUT2D eigenvalue weighted by molar-refractivity contribution is 5.98. The summed E-state index contributed by atoms with van der Waals surface area (Å²) in [6, 6.07) is 7.15. The third kappa shape index (κ3) is 3.65. The van der Waals surface area contributed by atoms with Crippen LogP contribution in [0.5, 0.6) is 0 Å². The Labute approximate surface area is 144 Å². The highest BCUT2D eigenvalue weighted by Crippen LogP contribution is 2.28. The molecular weight excluding hydrogens is 325 g/mol. The number of benzene rings is 1. The molecule has 1 saturated heterocycles. The van der Waals surface area contributed by atoms with Crippen LogP contribution in [0.2, 0.25) is 0 Å². The largest absolute Gasteiger partial charge is 0.356 e. The minimum Gasteiger partial charge on any atom is -0.356 e. The van der Waals surface area contributed by atoms with Crippen LogP contribution in [0, 0.1) is 28.8 Å². The summed E-state index contributed by atoms with van der Waals surface area (Å²) >= 11 is 0. The average Bonchev–Trinajstić information content (AvgIpc) is 2.62. The van der Waals surface area contributed by atoms with Gasteiger partial charge in [0.05, 0.1) is 4.92 Å². The zero-order valence-corrected chi connectivity index (χ0v) is 13.8. The molecule has 1 aliphatic heterocycles. The first-order chi connectivity index (χ1) is 12.0. The number of anilines is 1. The molecule has 0 radical (unpaired) electrons. The van der Waals surface area contributed by atoms with Crippen molar-refractivity contribution in [1.82, 2.24) is 4.98 Å². The molecule has 0 amide bonds. The Morgan fingerprint density at radius 1 is 1.28 bits per heavy atom. The zero-order valence-electron chi connectivity index (χ0n) is 13.8. The normalized spacial score (nSPS) is 15.2. The second-order valence-electron chi connectivity index (χ2n) is 6.22. The highest BCUT2D eigenvalue weighted by atomic mass is 19.1. The number of nitro groups is 1. The fraction of sp³-hybridized carbons (Fsp3) is 0.333. The van der Waals surface area contributed by atoms with Crippen molar-refractivity contribution < 1.29 is 14.1 Å². The van der Waals surface area contributed by atoms with E-state index in [-0.39, 0.29) is 23.2 Å². The van der Waals surface area contributed by atoms with Crippen molar-refractivity contribution in [2.45, 2.75) is 19.8 Å². The summed E-state index contributed by atoms with van der Waals surface area (Å²) in [6.07, 6.45) is 2.61. The van der Waals surface area contributed by atoms with Gasteiger partial charge in [-0.3, -0.25) is 14.9 Å². The van der Waals surface area contributed by atoms with E-state index >= 15 is 0 Å². The van der Waals surface area contributed by atoms with Gasteiger partial charge in [0.25, 0.3) is 5.69 Å². The lowest BCUT2D eigenvalue weighted by Crippen LogP contribution is -2.37. The van der Waals surface area contributed by atoms with Gasteiger partial charge in [0.15, 0.2) is 5.78 Å². The second kappa shape index (κ2) is 6.96. The zero-order chi connectivity index (χ0) is 18.0. The van der Waals surface area contributed by atoms with E-state index in [9.17, 15) is 19.3 Å². The molecule has 0 saturated carbocycles. The molecule has 0 N–H and O–H groups in total. The van der Waals surface area contributed by atoms with Gasteiger partial charge in [-0.1, -0.05) is 0 Å². The third-order valence-corrected chi connectivity index (χ3v) is 4.54. The molecule has 0 aliphatic carbocycles. The lowest BCUT2D eigenvalue weighted by atomic mass is 9.89. The molecule has 25 heavy (non-hydrogen) atoms. The smallest absolute Gasteiger partial charge is 0.287 e. The molecule has 6 nitrogen and oxygen atoms in total. The van der Waals surface area contributed by atoms with Crippen molar-refractivity contribution >= 4 is 17.3 Å². The molecule has 7 heteroatoms. The van der Waals surface area contributed by atoms with Gasteiger partial charge in [-0.05, 0) is 49.6 Å². The molecule has 1 fully saturated rings. The van der Waals surface area contributed by atoms with E-state index in [4.69, 9.17) is 0 Å². The van der Waals surface area contributed by atoms with Gasteiger partial charge in [0.1, 0.15) is 17.8 Å². The molecule has 2 heterocycles. The second-order valence-corrected chi connectivity index (χ2v) is 6.22. The molecule has 3 rings (SSSR count). The van der Waals surface area contributed by atoms with Gasteiger partial charge in [0.2, 0.25) is 0 Å². The number of halogens is 1. The number of Topliss-reactive ketones (excluding diaryl/α,β-unsaturated/α-hetero) is 1. The quantitative estimate of drug-likeness (QED) is 0.482. The number of aryl methyl sites for hydroxylation is 1. The highest BCUT2D eigenvalue weighted by Gasteiger charge is 2.27. The van der Waals surface area contributed by atoms with Crippen LogP contribution in [-0.4, -0.2) is 28.8 Å². The van der Waals surface area contributed by atoms with Crippen LogP contribution in [0.1, 0.15) is 28.8 Å². The molecule has 0 spiro atoms. The number of aromatic nitrogens is 1. The van der Waals surface area contributed by atoms with Gasteiger partial charge in [0, 0.05) is 30.6 Å². The van der Waals surface area contributed by atoms with Gasteiger partial charge in [-0.15, -0.1) is 0 Å². The van der Waals surface area contributed by atoms with E-state index in [0.717, 1.165) is 11.4 Å². The van der Waals surface area contributed by atoms with Crippen molar-refractivity contribution in [2.24, 2.45) is 5.92 Å². The lowest BCUT2D eigenvalue weighted by molar-refractivity contribution is -0.385. The molecule has 130 valence electrons. The fourth-order valence-corrected chi connectivity index (χ4v) is 3.19. The Morgan fingerprint density at radius 2 is 1.92 bits per heavy atom. The standard InChI is InChI=1S/C18H18FN3O3/c1-12-10-16(22(24)25)11-20-18(12)21-8-6-14(7-9-21)17(23)13-2-4-15(19)5-3-13/h2-5,10-11,14H,6-9H2,1H3. The number of rotatable bonds is 4. The summed E-state index contributed by atoms with van der Waals surface area (Å²) in [5.74, 6) is 0.303. The van der Waals surface area contributed by atoms with Gasteiger partial charge < -0.3 is 4.90 Å². The maximum Gasteiger partial charge on any atom is 0.287 e. The Kier molecular flexibility index (Phi) is 4.74. The van der Waals surface area contributed by atoms with E-state index in [1.807, 2.05) is 4.90 Å². The minimum absolute atomic E-state index is 0.0253.